The van der Waals surface area contributed by atoms with Crippen molar-refractivity contribution in [2.24, 2.45) is 0 Å². The summed E-state index contributed by atoms with van der Waals surface area (Å²) >= 11 is 6.27. The maximum Gasteiger partial charge on any atom is 0.162 e. The summed E-state index contributed by atoms with van der Waals surface area (Å²) in [5, 5.41) is 0.575. The molecule has 0 unspecified atom stereocenters. The smallest absolute Gasteiger partial charge is 0.162 e. The van der Waals surface area contributed by atoms with Crippen LogP contribution in [0.15, 0.2) is 0 Å². The van der Waals surface area contributed by atoms with Crippen molar-refractivity contribution in [2.45, 2.75) is 64.9 Å². The van der Waals surface area contributed by atoms with Crippen molar-refractivity contribution in [3.05, 3.63) is 22.2 Å². The average molecular weight is 283 g/mol. The quantitative estimate of drug-likeness (QED) is 0.777. The molecular weight excluding hydrogens is 260 g/mol. The van der Waals surface area contributed by atoms with Gasteiger partial charge in [0.2, 0.25) is 0 Å². The molecule has 0 aromatic carbocycles. The molecule has 1 aromatic heterocycles. The van der Waals surface area contributed by atoms with Crippen LogP contribution in [0, 0.1) is 6.92 Å². The second-order valence-corrected chi connectivity index (χ2v) is 5.61. The molecule has 2 rings (SSSR count). The second kappa shape index (κ2) is 6.19. The predicted octanol–water partition coefficient (Wildman–Crippen LogP) is 4.20. The number of aryl methyl sites for hydroxylation is 1. The van der Waals surface area contributed by atoms with Crippen LogP contribution in [0.25, 0.3) is 0 Å². The van der Waals surface area contributed by atoms with E-state index in [1.54, 1.807) is 0 Å². The fourth-order valence-corrected chi connectivity index (χ4v) is 3.10. The number of hydrogen-bond acceptors (Lipinski definition) is 3. The van der Waals surface area contributed by atoms with Gasteiger partial charge in [-0.2, -0.15) is 0 Å². The molecule has 0 saturated heterocycles. The molecule has 4 heteroatoms. The zero-order valence-corrected chi connectivity index (χ0v) is 12.9. The molecule has 0 aliphatic heterocycles. The maximum absolute atomic E-state index is 6.27. The first-order chi connectivity index (χ1) is 9.13. The molecule has 0 radical (unpaired) electrons. The van der Waals surface area contributed by atoms with Crippen molar-refractivity contribution in [1.82, 2.24) is 9.97 Å². The van der Waals surface area contributed by atoms with Crippen LogP contribution in [0.1, 0.15) is 63.0 Å². The van der Waals surface area contributed by atoms with E-state index in [-0.39, 0.29) is 5.60 Å². The molecule has 3 nitrogen and oxygen atoms in total. The fourth-order valence-electron chi connectivity index (χ4n) is 2.91. The number of hydrogen-bond donors (Lipinski definition) is 0. The molecule has 1 aromatic rings. The zero-order valence-electron chi connectivity index (χ0n) is 12.1. The van der Waals surface area contributed by atoms with E-state index in [0.717, 1.165) is 36.3 Å². The molecule has 106 valence electrons. The fraction of sp³-hybridized carbons (Fsp3) is 0.733. The molecule has 1 saturated carbocycles. The summed E-state index contributed by atoms with van der Waals surface area (Å²) in [6, 6.07) is 0. The Labute approximate surface area is 120 Å². The number of halogens is 1. The third kappa shape index (κ3) is 2.92. The first kappa shape index (κ1) is 14.7. The lowest BCUT2D eigenvalue weighted by molar-refractivity contribution is -0.0768. The maximum atomic E-state index is 6.27. The van der Waals surface area contributed by atoms with E-state index >= 15 is 0 Å². The molecule has 19 heavy (non-hydrogen) atoms. The van der Waals surface area contributed by atoms with Gasteiger partial charge < -0.3 is 4.74 Å². The summed E-state index contributed by atoms with van der Waals surface area (Å²) in [5.41, 5.74) is 1.73. The highest BCUT2D eigenvalue weighted by molar-refractivity contribution is 6.30. The van der Waals surface area contributed by atoms with Gasteiger partial charge in [-0.1, -0.05) is 37.8 Å². The van der Waals surface area contributed by atoms with Gasteiger partial charge in [0.15, 0.2) is 5.82 Å². The van der Waals surface area contributed by atoms with Crippen LogP contribution in [0.4, 0.5) is 0 Å². The Morgan fingerprint density at radius 2 is 1.84 bits per heavy atom. The SMILES string of the molecule is CCOC1(c2nc(Cl)c(C)c(CC)n2)CCCCC1. The van der Waals surface area contributed by atoms with Crippen molar-refractivity contribution < 1.29 is 4.74 Å². The van der Waals surface area contributed by atoms with Gasteiger partial charge in [0.1, 0.15) is 10.8 Å². The van der Waals surface area contributed by atoms with Gasteiger partial charge in [0.25, 0.3) is 0 Å². The Kier molecular flexibility index (Phi) is 4.80. The number of ether oxygens (including phenoxy) is 1. The lowest BCUT2D eigenvalue weighted by Gasteiger charge is -2.35. The number of rotatable bonds is 4. The summed E-state index contributed by atoms with van der Waals surface area (Å²) in [5.74, 6) is 0.793. The molecule has 0 N–H and O–H groups in total. The van der Waals surface area contributed by atoms with E-state index in [2.05, 4.69) is 11.9 Å². The summed E-state index contributed by atoms with van der Waals surface area (Å²) in [6.45, 7) is 6.81. The van der Waals surface area contributed by atoms with Crippen LogP contribution < -0.4 is 0 Å². The van der Waals surface area contributed by atoms with Crippen molar-refractivity contribution >= 4 is 11.6 Å². The molecule has 0 amide bonds. The summed E-state index contributed by atoms with van der Waals surface area (Å²) in [4.78, 5) is 9.27. The Balaban J connectivity index is 2.44. The number of nitrogens with zero attached hydrogens (tertiary/aromatic N) is 2. The van der Waals surface area contributed by atoms with Gasteiger partial charge in [-0.3, -0.25) is 0 Å². The Morgan fingerprint density at radius 1 is 1.16 bits per heavy atom. The van der Waals surface area contributed by atoms with Crippen molar-refractivity contribution in [1.29, 1.82) is 0 Å². The van der Waals surface area contributed by atoms with Gasteiger partial charge in [-0.15, -0.1) is 0 Å². The third-order valence-electron chi connectivity index (χ3n) is 4.01. The average Bonchev–Trinajstić information content (AvgIpc) is 2.43. The first-order valence-electron chi connectivity index (χ1n) is 7.30. The van der Waals surface area contributed by atoms with E-state index in [4.69, 9.17) is 21.3 Å². The van der Waals surface area contributed by atoms with Crippen LogP contribution in [0.3, 0.4) is 0 Å². The van der Waals surface area contributed by atoms with Crippen LogP contribution in [0.5, 0.6) is 0 Å². The zero-order chi connectivity index (χ0) is 13.9. The van der Waals surface area contributed by atoms with E-state index in [9.17, 15) is 0 Å². The first-order valence-corrected chi connectivity index (χ1v) is 7.68. The van der Waals surface area contributed by atoms with E-state index < -0.39 is 0 Å². The molecule has 0 spiro atoms. The van der Waals surface area contributed by atoms with Crippen molar-refractivity contribution in [3.63, 3.8) is 0 Å². The highest BCUT2D eigenvalue weighted by atomic mass is 35.5. The van der Waals surface area contributed by atoms with Gasteiger partial charge in [0.05, 0.1) is 0 Å². The van der Waals surface area contributed by atoms with E-state index in [1.807, 2.05) is 13.8 Å². The third-order valence-corrected chi connectivity index (χ3v) is 4.38. The summed E-state index contributed by atoms with van der Waals surface area (Å²) in [7, 11) is 0. The van der Waals surface area contributed by atoms with Crippen molar-refractivity contribution in [3.8, 4) is 0 Å². The topological polar surface area (TPSA) is 35.0 Å². The van der Waals surface area contributed by atoms with E-state index in [0.29, 0.717) is 11.8 Å². The van der Waals surface area contributed by atoms with Gasteiger partial charge in [0, 0.05) is 17.9 Å². The second-order valence-electron chi connectivity index (χ2n) is 5.25. The predicted molar refractivity (Wildman–Crippen MR) is 77.5 cm³/mol. The minimum absolute atomic E-state index is 0.311. The van der Waals surface area contributed by atoms with Gasteiger partial charge in [-0.05, 0) is 33.1 Å². The molecule has 0 atom stereocenters. The number of aromatic nitrogens is 2. The van der Waals surface area contributed by atoms with Crippen LogP contribution >= 0.6 is 11.6 Å². The largest absolute Gasteiger partial charge is 0.367 e. The lowest BCUT2D eigenvalue weighted by atomic mass is 9.83. The Bertz CT molecular complexity index is 437. The molecular formula is C15H23ClN2O. The van der Waals surface area contributed by atoms with Gasteiger partial charge in [-0.25, -0.2) is 9.97 Å². The summed E-state index contributed by atoms with van der Waals surface area (Å²) in [6.07, 6.45) is 6.51. The molecule has 1 heterocycles. The molecule has 0 bridgehead atoms. The van der Waals surface area contributed by atoms with E-state index in [1.165, 1.54) is 19.3 Å². The standard InChI is InChI=1S/C15H23ClN2O/c1-4-12-11(3)13(16)18-14(17-12)15(19-5-2)9-7-6-8-10-15/h4-10H2,1-3H3. The minimum atomic E-state index is -0.311. The van der Waals surface area contributed by atoms with Crippen LogP contribution in [-0.4, -0.2) is 16.6 Å². The summed E-state index contributed by atoms with van der Waals surface area (Å²) < 4.78 is 6.07. The van der Waals surface area contributed by atoms with Gasteiger partial charge >= 0.3 is 0 Å². The highest BCUT2D eigenvalue weighted by Gasteiger charge is 2.38. The Morgan fingerprint density at radius 3 is 2.42 bits per heavy atom. The normalized spacial score (nSPS) is 18.5. The highest BCUT2D eigenvalue weighted by Crippen LogP contribution is 2.39. The monoisotopic (exact) mass is 282 g/mol. The molecule has 1 aliphatic carbocycles. The van der Waals surface area contributed by atoms with Crippen LogP contribution in [-0.2, 0) is 16.8 Å². The minimum Gasteiger partial charge on any atom is -0.367 e. The Hall–Kier alpha value is -0.670. The van der Waals surface area contributed by atoms with Crippen molar-refractivity contribution in [2.75, 3.05) is 6.61 Å². The lowest BCUT2D eigenvalue weighted by Crippen LogP contribution is -2.35. The molecule has 1 fully saturated rings. The molecule has 1 aliphatic rings. The van der Waals surface area contributed by atoms with Crippen LogP contribution in [0.2, 0.25) is 5.15 Å².